The molecule has 0 bridgehead atoms. The van der Waals surface area contributed by atoms with Crippen molar-refractivity contribution >= 4 is 29.7 Å². The van der Waals surface area contributed by atoms with Crippen LogP contribution in [0.3, 0.4) is 0 Å². The molecule has 0 saturated heterocycles. The highest BCUT2D eigenvalue weighted by Crippen LogP contribution is 2.24. The fourth-order valence-corrected chi connectivity index (χ4v) is 2.12. The molecule has 2 rings (SSSR count). The van der Waals surface area contributed by atoms with Gasteiger partial charge in [0, 0.05) is 6.07 Å². The number of benzene rings is 2. The number of amides is 1. The molecule has 0 heterocycles. The molecule has 0 aliphatic carbocycles. The van der Waals surface area contributed by atoms with E-state index in [2.05, 4.69) is 19.2 Å². The monoisotopic (exact) mass is 364 g/mol. The minimum atomic E-state index is -0.134. The molecule has 0 radical (unpaired) electrons. The maximum atomic E-state index is 12.2. The van der Waals surface area contributed by atoms with Crippen LogP contribution in [0.15, 0.2) is 42.5 Å². The molecule has 0 aromatic heterocycles. The Labute approximate surface area is 154 Å². The SMILES string of the molecule is COc1ccc(N)c(NC(=O)Cc2ccc(OCC(C)C)cc2)c1.Cl. The molecule has 0 atom stereocenters. The highest BCUT2D eigenvalue weighted by atomic mass is 35.5. The van der Waals surface area contributed by atoms with Gasteiger partial charge in [-0.15, -0.1) is 12.4 Å². The van der Waals surface area contributed by atoms with Crippen LogP contribution in [-0.2, 0) is 11.2 Å². The van der Waals surface area contributed by atoms with Crippen LogP contribution in [0, 0.1) is 5.92 Å². The first-order valence-corrected chi connectivity index (χ1v) is 7.93. The number of halogens is 1. The van der Waals surface area contributed by atoms with Gasteiger partial charge in [-0.3, -0.25) is 4.79 Å². The van der Waals surface area contributed by atoms with E-state index in [-0.39, 0.29) is 24.7 Å². The number of ether oxygens (including phenoxy) is 2. The third kappa shape index (κ3) is 6.55. The number of anilines is 2. The zero-order valence-corrected chi connectivity index (χ0v) is 15.6. The Hall–Kier alpha value is -2.40. The zero-order valence-electron chi connectivity index (χ0n) is 14.7. The van der Waals surface area contributed by atoms with Crippen LogP contribution in [0.25, 0.3) is 0 Å². The molecular weight excluding hydrogens is 340 g/mol. The summed E-state index contributed by atoms with van der Waals surface area (Å²) in [7, 11) is 1.57. The van der Waals surface area contributed by atoms with Crippen molar-refractivity contribution in [2.45, 2.75) is 20.3 Å². The number of nitrogens with two attached hydrogens (primary N) is 1. The smallest absolute Gasteiger partial charge is 0.228 e. The largest absolute Gasteiger partial charge is 0.497 e. The number of carbonyl (C=O) groups excluding carboxylic acids is 1. The van der Waals surface area contributed by atoms with Crippen molar-refractivity contribution in [2.75, 3.05) is 24.8 Å². The summed E-state index contributed by atoms with van der Waals surface area (Å²) in [5.74, 6) is 1.80. The molecule has 0 unspecified atom stereocenters. The summed E-state index contributed by atoms with van der Waals surface area (Å²) in [6.07, 6.45) is 0.265. The number of methoxy groups -OCH3 is 1. The van der Waals surface area contributed by atoms with E-state index < -0.39 is 0 Å². The molecule has 3 N–H and O–H groups in total. The fraction of sp³-hybridized carbons (Fsp3) is 0.316. The van der Waals surface area contributed by atoms with Gasteiger partial charge in [-0.25, -0.2) is 0 Å². The van der Waals surface area contributed by atoms with Gasteiger partial charge in [-0.2, -0.15) is 0 Å². The molecule has 0 spiro atoms. The number of hydrogen-bond acceptors (Lipinski definition) is 4. The fourth-order valence-electron chi connectivity index (χ4n) is 2.12. The minimum absolute atomic E-state index is 0. The first-order valence-electron chi connectivity index (χ1n) is 7.93. The lowest BCUT2D eigenvalue weighted by atomic mass is 10.1. The summed E-state index contributed by atoms with van der Waals surface area (Å²) in [4.78, 5) is 12.2. The Balaban J connectivity index is 0.00000312. The standard InChI is InChI=1S/C19H24N2O3.ClH/c1-13(2)12-24-15-6-4-14(5-7-15)10-19(22)21-18-11-16(23-3)8-9-17(18)20;/h4-9,11,13H,10,12,20H2,1-3H3,(H,21,22);1H. The van der Waals surface area contributed by atoms with Crippen molar-refractivity contribution in [1.82, 2.24) is 0 Å². The summed E-state index contributed by atoms with van der Waals surface area (Å²) in [5.41, 5.74) is 7.84. The quantitative estimate of drug-likeness (QED) is 0.730. The van der Waals surface area contributed by atoms with Gasteiger partial charge in [0.1, 0.15) is 11.5 Å². The summed E-state index contributed by atoms with van der Waals surface area (Å²) in [6, 6.07) is 12.7. The molecule has 1 amide bonds. The van der Waals surface area contributed by atoms with Crippen LogP contribution in [0.2, 0.25) is 0 Å². The van der Waals surface area contributed by atoms with Gasteiger partial charge in [0.05, 0.1) is 31.5 Å². The molecule has 2 aromatic rings. The van der Waals surface area contributed by atoms with Gasteiger partial charge in [-0.1, -0.05) is 26.0 Å². The molecule has 0 aliphatic heterocycles. The summed E-state index contributed by atoms with van der Waals surface area (Å²) >= 11 is 0. The van der Waals surface area contributed by atoms with Gasteiger partial charge < -0.3 is 20.5 Å². The van der Waals surface area contributed by atoms with E-state index in [0.717, 1.165) is 11.3 Å². The lowest BCUT2D eigenvalue weighted by Gasteiger charge is -2.11. The topological polar surface area (TPSA) is 73.6 Å². The van der Waals surface area contributed by atoms with Gasteiger partial charge in [0.15, 0.2) is 0 Å². The maximum Gasteiger partial charge on any atom is 0.228 e. The molecule has 0 fully saturated rings. The molecule has 0 saturated carbocycles. The van der Waals surface area contributed by atoms with E-state index in [1.54, 1.807) is 25.3 Å². The van der Waals surface area contributed by atoms with Crippen LogP contribution in [0.4, 0.5) is 11.4 Å². The van der Waals surface area contributed by atoms with Gasteiger partial charge >= 0.3 is 0 Å². The number of rotatable bonds is 7. The van der Waals surface area contributed by atoms with Crippen LogP contribution in [0.5, 0.6) is 11.5 Å². The van der Waals surface area contributed by atoms with Crippen LogP contribution >= 0.6 is 12.4 Å². The number of nitrogens with one attached hydrogen (secondary N) is 1. The maximum absolute atomic E-state index is 12.2. The first-order chi connectivity index (χ1) is 11.5. The van der Waals surface area contributed by atoms with Crippen LogP contribution < -0.4 is 20.5 Å². The Kier molecular flexibility index (Phi) is 8.08. The third-order valence-corrected chi connectivity index (χ3v) is 3.41. The average Bonchev–Trinajstić information content (AvgIpc) is 2.56. The van der Waals surface area contributed by atoms with E-state index in [1.165, 1.54) is 0 Å². The second-order valence-electron chi connectivity index (χ2n) is 6.03. The van der Waals surface area contributed by atoms with Gasteiger partial charge in [-0.05, 0) is 35.7 Å². The Bertz CT molecular complexity index is 688. The van der Waals surface area contributed by atoms with Crippen LogP contribution in [0.1, 0.15) is 19.4 Å². The van der Waals surface area contributed by atoms with Crippen molar-refractivity contribution in [3.05, 3.63) is 48.0 Å². The van der Waals surface area contributed by atoms with Gasteiger partial charge in [0.25, 0.3) is 0 Å². The number of carbonyl (C=O) groups is 1. The summed E-state index contributed by atoms with van der Waals surface area (Å²) in [6.45, 7) is 4.88. The third-order valence-electron chi connectivity index (χ3n) is 3.41. The summed E-state index contributed by atoms with van der Waals surface area (Å²) in [5, 5.41) is 2.81. The second kappa shape index (κ2) is 9.79. The molecule has 136 valence electrons. The minimum Gasteiger partial charge on any atom is -0.497 e. The highest BCUT2D eigenvalue weighted by molar-refractivity contribution is 5.95. The summed E-state index contributed by atoms with van der Waals surface area (Å²) < 4.78 is 10.8. The molecule has 6 heteroatoms. The average molecular weight is 365 g/mol. The normalized spacial score (nSPS) is 10.1. The predicted molar refractivity (Wildman–Crippen MR) is 104 cm³/mol. The predicted octanol–water partition coefficient (Wildman–Crippen LogP) is 3.92. The van der Waals surface area contributed by atoms with Crippen molar-refractivity contribution in [2.24, 2.45) is 5.92 Å². The first kappa shape index (κ1) is 20.6. The van der Waals surface area contributed by atoms with Crippen LogP contribution in [-0.4, -0.2) is 19.6 Å². The van der Waals surface area contributed by atoms with E-state index in [1.807, 2.05) is 24.3 Å². The highest BCUT2D eigenvalue weighted by Gasteiger charge is 2.08. The Morgan fingerprint density at radius 3 is 2.36 bits per heavy atom. The van der Waals surface area contributed by atoms with Crippen molar-refractivity contribution in [1.29, 1.82) is 0 Å². The molecule has 2 aromatic carbocycles. The molecular formula is C19H25ClN2O3. The lowest BCUT2D eigenvalue weighted by molar-refractivity contribution is -0.115. The van der Waals surface area contributed by atoms with E-state index in [9.17, 15) is 4.79 Å². The number of hydrogen-bond donors (Lipinski definition) is 2. The van der Waals surface area contributed by atoms with E-state index in [0.29, 0.717) is 29.6 Å². The van der Waals surface area contributed by atoms with Gasteiger partial charge in [0.2, 0.25) is 5.91 Å². The van der Waals surface area contributed by atoms with Crippen molar-refractivity contribution in [3.63, 3.8) is 0 Å². The Morgan fingerprint density at radius 2 is 1.76 bits per heavy atom. The Morgan fingerprint density at radius 1 is 1.12 bits per heavy atom. The number of nitrogen functional groups attached to an aromatic ring is 1. The molecule has 25 heavy (non-hydrogen) atoms. The van der Waals surface area contributed by atoms with Crippen molar-refractivity contribution < 1.29 is 14.3 Å². The zero-order chi connectivity index (χ0) is 17.5. The second-order valence-corrected chi connectivity index (χ2v) is 6.03. The van der Waals surface area contributed by atoms with E-state index in [4.69, 9.17) is 15.2 Å². The molecule has 0 aliphatic rings. The lowest BCUT2D eigenvalue weighted by Crippen LogP contribution is -2.15. The molecule has 5 nitrogen and oxygen atoms in total. The van der Waals surface area contributed by atoms with Crippen molar-refractivity contribution in [3.8, 4) is 11.5 Å². The van der Waals surface area contributed by atoms with E-state index >= 15 is 0 Å².